The first-order valence-corrected chi connectivity index (χ1v) is 10.1. The summed E-state index contributed by atoms with van der Waals surface area (Å²) in [7, 11) is 3.65. The van der Waals surface area contributed by atoms with Gasteiger partial charge in [-0.25, -0.2) is 0 Å². The molecular formula is C21H26N8O. The molecule has 0 spiro atoms. The Labute approximate surface area is 175 Å². The van der Waals surface area contributed by atoms with Gasteiger partial charge in [0.25, 0.3) is 5.91 Å². The Morgan fingerprint density at radius 1 is 1.33 bits per heavy atom. The van der Waals surface area contributed by atoms with Crippen LogP contribution >= 0.6 is 0 Å². The lowest BCUT2D eigenvalue weighted by atomic mass is 9.85. The van der Waals surface area contributed by atoms with E-state index in [0.717, 1.165) is 36.2 Å². The third kappa shape index (κ3) is 4.10. The van der Waals surface area contributed by atoms with E-state index in [2.05, 4.69) is 20.4 Å². The summed E-state index contributed by atoms with van der Waals surface area (Å²) in [6.45, 7) is 0. The summed E-state index contributed by atoms with van der Waals surface area (Å²) in [6.07, 6.45) is 13.5. The quantitative estimate of drug-likeness (QED) is 0.611. The van der Waals surface area contributed by atoms with Crippen LogP contribution in [0.25, 0.3) is 11.3 Å². The first-order valence-electron chi connectivity index (χ1n) is 10.1. The Bertz CT molecular complexity index is 1070. The largest absolute Gasteiger partial charge is 0.365 e. The molecule has 1 aliphatic carbocycles. The predicted octanol–water partition coefficient (Wildman–Crippen LogP) is 2.95. The number of hydrogen-bond donors (Lipinski definition) is 2. The van der Waals surface area contributed by atoms with Gasteiger partial charge in [-0.3, -0.25) is 19.1 Å². The van der Waals surface area contributed by atoms with Gasteiger partial charge in [0.2, 0.25) is 0 Å². The molecule has 3 heterocycles. The summed E-state index contributed by atoms with van der Waals surface area (Å²) < 4.78 is 3.60. The Kier molecular flexibility index (Phi) is 5.60. The highest BCUT2D eigenvalue weighted by atomic mass is 16.1. The second kappa shape index (κ2) is 8.48. The normalized spacial score (nSPS) is 19.3. The minimum Gasteiger partial charge on any atom is -0.365 e. The molecule has 0 saturated heterocycles. The summed E-state index contributed by atoms with van der Waals surface area (Å²) in [5, 5.41) is 12.1. The number of aromatic nitrogens is 5. The first kappa shape index (κ1) is 19.8. The van der Waals surface area contributed by atoms with Gasteiger partial charge in [0.1, 0.15) is 5.56 Å². The van der Waals surface area contributed by atoms with Gasteiger partial charge in [-0.1, -0.05) is 12.8 Å². The zero-order valence-electron chi connectivity index (χ0n) is 17.2. The topological polar surface area (TPSA) is 116 Å². The first-order chi connectivity index (χ1) is 14.5. The molecule has 4 rings (SSSR count). The molecule has 1 fully saturated rings. The van der Waals surface area contributed by atoms with E-state index in [-0.39, 0.29) is 6.04 Å². The Hall–Kier alpha value is -3.49. The van der Waals surface area contributed by atoms with Crippen molar-refractivity contribution in [3.05, 3.63) is 42.5 Å². The number of nitrogens with one attached hydrogen (secondary N) is 1. The van der Waals surface area contributed by atoms with Crippen LogP contribution in [0, 0.1) is 5.92 Å². The van der Waals surface area contributed by atoms with Crippen molar-refractivity contribution < 1.29 is 4.79 Å². The Balaban J connectivity index is 1.64. The maximum atomic E-state index is 12.1. The van der Waals surface area contributed by atoms with Gasteiger partial charge < -0.3 is 16.0 Å². The molecule has 156 valence electrons. The van der Waals surface area contributed by atoms with Crippen LogP contribution in [-0.4, -0.2) is 43.7 Å². The monoisotopic (exact) mass is 406 g/mol. The molecule has 0 aliphatic heterocycles. The highest BCUT2D eigenvalue weighted by molar-refractivity contribution is 5.98. The third-order valence-corrected chi connectivity index (χ3v) is 5.48. The highest BCUT2D eigenvalue weighted by Crippen LogP contribution is 2.34. The van der Waals surface area contributed by atoms with Crippen LogP contribution in [0.5, 0.6) is 0 Å². The van der Waals surface area contributed by atoms with Crippen molar-refractivity contribution in [3.63, 3.8) is 0 Å². The van der Waals surface area contributed by atoms with Crippen LogP contribution in [0.2, 0.25) is 0 Å². The number of rotatable bonds is 6. The van der Waals surface area contributed by atoms with E-state index in [1.54, 1.807) is 30.3 Å². The zero-order valence-corrected chi connectivity index (χ0v) is 17.2. The number of aliphatic imine (C=N–C) groups is 1. The van der Waals surface area contributed by atoms with E-state index < -0.39 is 5.91 Å². The van der Waals surface area contributed by atoms with Crippen molar-refractivity contribution in [3.8, 4) is 11.3 Å². The van der Waals surface area contributed by atoms with Crippen LogP contribution in [0.4, 0.5) is 11.5 Å². The maximum absolute atomic E-state index is 12.1. The molecule has 1 saturated carbocycles. The number of carbonyl (C=O) groups is 1. The number of pyridine rings is 1. The molecule has 9 nitrogen and oxygen atoms in total. The summed E-state index contributed by atoms with van der Waals surface area (Å²) in [4.78, 5) is 20.7. The fourth-order valence-electron chi connectivity index (χ4n) is 4.02. The predicted molar refractivity (Wildman–Crippen MR) is 116 cm³/mol. The molecule has 30 heavy (non-hydrogen) atoms. The molecule has 0 radical (unpaired) electrons. The van der Waals surface area contributed by atoms with E-state index in [1.807, 2.05) is 36.3 Å². The number of aryl methyl sites for hydroxylation is 1. The van der Waals surface area contributed by atoms with Crippen molar-refractivity contribution in [1.29, 1.82) is 0 Å². The Morgan fingerprint density at radius 2 is 2.17 bits per heavy atom. The number of hydrogen-bond acceptors (Lipinski definition) is 6. The summed E-state index contributed by atoms with van der Waals surface area (Å²) in [5.41, 5.74) is 8.47. The van der Waals surface area contributed by atoms with Crippen molar-refractivity contribution in [2.75, 3.05) is 12.4 Å². The number of carbonyl (C=O) groups excluding carboxylic acids is 1. The van der Waals surface area contributed by atoms with Crippen LogP contribution in [0.3, 0.4) is 0 Å². The van der Waals surface area contributed by atoms with Crippen LogP contribution in [-0.2, 0) is 7.05 Å². The van der Waals surface area contributed by atoms with Gasteiger partial charge in [-0.05, 0) is 25.0 Å². The number of nitrogens with two attached hydrogens (primary N) is 1. The molecule has 2 atom stereocenters. The van der Waals surface area contributed by atoms with Crippen molar-refractivity contribution in [2.24, 2.45) is 23.7 Å². The van der Waals surface area contributed by atoms with Crippen LogP contribution < -0.4 is 11.1 Å². The second-order valence-electron chi connectivity index (χ2n) is 7.62. The van der Waals surface area contributed by atoms with Crippen molar-refractivity contribution in [1.82, 2.24) is 24.5 Å². The molecule has 1 aliphatic rings. The van der Waals surface area contributed by atoms with Gasteiger partial charge in [0.15, 0.2) is 5.82 Å². The minimum atomic E-state index is -0.512. The third-order valence-electron chi connectivity index (χ3n) is 5.48. The molecule has 0 aromatic carbocycles. The van der Waals surface area contributed by atoms with Gasteiger partial charge in [-0.15, -0.1) is 0 Å². The molecule has 0 bridgehead atoms. The van der Waals surface area contributed by atoms with Crippen molar-refractivity contribution >= 4 is 23.6 Å². The fraction of sp³-hybridized carbons (Fsp3) is 0.381. The molecule has 3 aromatic heterocycles. The zero-order chi connectivity index (χ0) is 21.1. The van der Waals surface area contributed by atoms with Crippen LogP contribution in [0.15, 0.2) is 41.9 Å². The van der Waals surface area contributed by atoms with E-state index in [4.69, 9.17) is 10.8 Å². The lowest BCUT2D eigenvalue weighted by Crippen LogP contribution is -2.25. The smallest absolute Gasteiger partial charge is 0.254 e. The average Bonchev–Trinajstić information content (AvgIpc) is 3.35. The minimum absolute atomic E-state index is 0.166. The van der Waals surface area contributed by atoms with Gasteiger partial charge >= 0.3 is 0 Å². The lowest BCUT2D eigenvalue weighted by molar-refractivity contribution is 0.100. The van der Waals surface area contributed by atoms with Gasteiger partial charge in [-0.2, -0.15) is 10.2 Å². The summed E-state index contributed by atoms with van der Waals surface area (Å²) in [6, 6.07) is 3.89. The van der Waals surface area contributed by atoms with E-state index in [9.17, 15) is 4.79 Å². The van der Waals surface area contributed by atoms with Crippen LogP contribution in [0.1, 0.15) is 42.1 Å². The summed E-state index contributed by atoms with van der Waals surface area (Å²) in [5.74, 6) is 0.237. The fourth-order valence-corrected chi connectivity index (χ4v) is 4.02. The van der Waals surface area contributed by atoms with Gasteiger partial charge in [0, 0.05) is 56.1 Å². The van der Waals surface area contributed by atoms with E-state index >= 15 is 0 Å². The molecule has 3 aromatic rings. The van der Waals surface area contributed by atoms with E-state index in [1.165, 1.54) is 6.42 Å². The SMILES string of the molecule is CN=C[C@H]1CCCC[C@@H]1n1cc(C(N)=O)c(Nc2ccnc(-c3cnn(C)c3)c2)n1. The number of anilines is 2. The number of amides is 1. The number of nitrogens with zero attached hydrogens (tertiary/aromatic N) is 6. The Morgan fingerprint density at radius 3 is 2.90 bits per heavy atom. The van der Waals surface area contributed by atoms with Gasteiger partial charge in [0.05, 0.1) is 17.9 Å². The molecule has 1 amide bonds. The average molecular weight is 406 g/mol. The van der Waals surface area contributed by atoms with Crippen molar-refractivity contribution in [2.45, 2.75) is 31.7 Å². The summed E-state index contributed by atoms with van der Waals surface area (Å²) >= 11 is 0. The standard InChI is InChI=1S/C21H26N8O/c1-23-10-14-5-3-4-6-19(14)29-13-17(20(22)30)21(27-29)26-16-7-8-24-18(9-16)15-11-25-28(2)12-15/h7-14,19H,3-6H2,1-2H3,(H2,22,30)(H,24,26,27)/t14-,19+/m1/s1. The molecule has 0 unspecified atom stereocenters. The van der Waals surface area contributed by atoms with E-state index in [0.29, 0.717) is 17.3 Å². The lowest BCUT2D eigenvalue weighted by Gasteiger charge is -2.29. The molecule has 3 N–H and O–H groups in total. The second-order valence-corrected chi connectivity index (χ2v) is 7.62. The number of primary amides is 1. The maximum Gasteiger partial charge on any atom is 0.254 e. The highest BCUT2D eigenvalue weighted by Gasteiger charge is 2.28. The molecule has 9 heteroatoms. The molecular weight excluding hydrogens is 380 g/mol.